The second-order valence-electron chi connectivity index (χ2n) is 6.29. The van der Waals surface area contributed by atoms with E-state index in [0.717, 1.165) is 18.4 Å². The van der Waals surface area contributed by atoms with E-state index in [1.165, 1.54) is 5.57 Å². The van der Waals surface area contributed by atoms with Crippen molar-refractivity contribution in [2.45, 2.75) is 19.4 Å². The summed E-state index contributed by atoms with van der Waals surface area (Å²) in [5, 5.41) is 0.657. The van der Waals surface area contributed by atoms with Gasteiger partial charge in [-0.2, -0.15) is 0 Å². The molecular formula is C21H22ClNO3. The second-order valence-corrected chi connectivity index (χ2v) is 6.70. The maximum absolute atomic E-state index is 12.7. The normalized spacial score (nSPS) is 14.2. The van der Waals surface area contributed by atoms with Gasteiger partial charge in [0.25, 0.3) is 5.91 Å². The van der Waals surface area contributed by atoms with Crippen LogP contribution in [0.3, 0.4) is 0 Å². The molecule has 1 heterocycles. The zero-order valence-corrected chi connectivity index (χ0v) is 15.6. The number of ether oxygens (including phenoxy) is 2. The average molecular weight is 372 g/mol. The smallest absolute Gasteiger partial charge is 0.254 e. The summed E-state index contributed by atoms with van der Waals surface area (Å²) in [4.78, 5) is 14.5. The zero-order valence-electron chi connectivity index (χ0n) is 14.8. The number of halogens is 1. The third kappa shape index (κ3) is 4.20. The van der Waals surface area contributed by atoms with Crippen LogP contribution in [0.1, 0.15) is 28.8 Å². The van der Waals surface area contributed by atoms with Gasteiger partial charge in [-0.15, -0.1) is 0 Å². The van der Waals surface area contributed by atoms with Gasteiger partial charge in [-0.05, 0) is 37.1 Å². The molecule has 1 saturated heterocycles. The quantitative estimate of drug-likeness (QED) is 0.714. The number of amides is 1. The lowest BCUT2D eigenvalue weighted by molar-refractivity contribution is 0.0743. The Hall–Kier alpha value is -2.46. The standard InChI is InChI=1S/C21H22ClNO3/c1-15-9-11-23(12-10-15)21(24)16-7-8-19(20(13-16)25-2)26-14-17-5-3-4-6-18(17)22/h3-8,13H,1,9-12,14H2,2H3. The van der Waals surface area contributed by atoms with Gasteiger partial charge in [-0.3, -0.25) is 4.79 Å². The van der Waals surface area contributed by atoms with Crippen LogP contribution < -0.4 is 9.47 Å². The molecule has 26 heavy (non-hydrogen) atoms. The molecule has 0 spiro atoms. The lowest BCUT2D eigenvalue weighted by Gasteiger charge is -2.28. The van der Waals surface area contributed by atoms with Crippen molar-refractivity contribution in [1.82, 2.24) is 4.90 Å². The third-order valence-electron chi connectivity index (χ3n) is 4.51. The molecule has 5 heteroatoms. The fourth-order valence-corrected chi connectivity index (χ4v) is 3.09. The number of nitrogens with zero attached hydrogens (tertiary/aromatic N) is 1. The fraction of sp³-hybridized carbons (Fsp3) is 0.286. The van der Waals surface area contributed by atoms with E-state index < -0.39 is 0 Å². The van der Waals surface area contributed by atoms with Crippen LogP contribution in [0.2, 0.25) is 5.02 Å². The topological polar surface area (TPSA) is 38.8 Å². The number of carbonyl (C=O) groups excluding carboxylic acids is 1. The first-order valence-corrected chi connectivity index (χ1v) is 8.96. The molecule has 1 amide bonds. The molecule has 0 radical (unpaired) electrons. The minimum absolute atomic E-state index is 0.00783. The highest BCUT2D eigenvalue weighted by atomic mass is 35.5. The highest BCUT2D eigenvalue weighted by Crippen LogP contribution is 2.30. The number of hydrogen-bond acceptors (Lipinski definition) is 3. The predicted octanol–water partition coefficient (Wildman–Crippen LogP) is 4.72. The maximum Gasteiger partial charge on any atom is 0.254 e. The van der Waals surface area contributed by atoms with Gasteiger partial charge in [0.2, 0.25) is 0 Å². The molecule has 0 N–H and O–H groups in total. The largest absolute Gasteiger partial charge is 0.493 e. The highest BCUT2D eigenvalue weighted by molar-refractivity contribution is 6.31. The van der Waals surface area contributed by atoms with Crippen LogP contribution >= 0.6 is 11.6 Å². The fourth-order valence-electron chi connectivity index (χ4n) is 2.90. The Morgan fingerprint density at radius 3 is 2.58 bits per heavy atom. The van der Waals surface area contributed by atoms with Crippen molar-refractivity contribution in [2.75, 3.05) is 20.2 Å². The summed E-state index contributed by atoms with van der Waals surface area (Å²) in [6, 6.07) is 12.8. The predicted molar refractivity (Wildman–Crippen MR) is 103 cm³/mol. The van der Waals surface area contributed by atoms with Crippen molar-refractivity contribution in [1.29, 1.82) is 0 Å². The Balaban J connectivity index is 1.72. The van der Waals surface area contributed by atoms with Crippen LogP contribution in [0.15, 0.2) is 54.6 Å². The van der Waals surface area contributed by atoms with Crippen LogP contribution in [0.5, 0.6) is 11.5 Å². The van der Waals surface area contributed by atoms with Gasteiger partial charge in [-0.1, -0.05) is 42.0 Å². The van der Waals surface area contributed by atoms with Crippen LogP contribution in [0.4, 0.5) is 0 Å². The minimum atomic E-state index is 0.00783. The molecule has 0 bridgehead atoms. The molecule has 3 rings (SSSR count). The van der Waals surface area contributed by atoms with E-state index >= 15 is 0 Å². The Morgan fingerprint density at radius 2 is 1.88 bits per heavy atom. The number of piperidine rings is 1. The Bertz CT molecular complexity index is 809. The summed E-state index contributed by atoms with van der Waals surface area (Å²) in [6.45, 7) is 5.74. The van der Waals surface area contributed by atoms with E-state index in [9.17, 15) is 4.79 Å². The molecule has 136 valence electrons. The van der Waals surface area contributed by atoms with Crippen molar-refractivity contribution in [3.8, 4) is 11.5 Å². The van der Waals surface area contributed by atoms with E-state index in [2.05, 4.69) is 6.58 Å². The van der Waals surface area contributed by atoms with E-state index in [-0.39, 0.29) is 5.91 Å². The Morgan fingerprint density at radius 1 is 1.15 bits per heavy atom. The molecule has 0 aliphatic carbocycles. The Labute approximate surface area is 159 Å². The first-order chi connectivity index (χ1) is 12.6. The van der Waals surface area contributed by atoms with Crippen molar-refractivity contribution in [3.63, 3.8) is 0 Å². The summed E-state index contributed by atoms with van der Waals surface area (Å²) in [7, 11) is 1.57. The SMILES string of the molecule is C=C1CCN(C(=O)c2ccc(OCc3ccccc3Cl)c(OC)c2)CC1. The van der Waals surface area contributed by atoms with Crippen LogP contribution in [-0.4, -0.2) is 31.0 Å². The number of hydrogen-bond donors (Lipinski definition) is 0. The lowest BCUT2D eigenvalue weighted by Crippen LogP contribution is -2.36. The lowest BCUT2D eigenvalue weighted by atomic mass is 10.0. The number of carbonyl (C=O) groups is 1. The monoisotopic (exact) mass is 371 g/mol. The van der Waals surface area contributed by atoms with Gasteiger partial charge in [0, 0.05) is 29.2 Å². The summed E-state index contributed by atoms with van der Waals surface area (Å²) >= 11 is 6.16. The van der Waals surface area contributed by atoms with Gasteiger partial charge < -0.3 is 14.4 Å². The summed E-state index contributed by atoms with van der Waals surface area (Å²) in [6.07, 6.45) is 1.73. The molecule has 1 fully saturated rings. The third-order valence-corrected chi connectivity index (χ3v) is 4.88. The molecule has 0 unspecified atom stereocenters. The number of benzene rings is 2. The van der Waals surface area contributed by atoms with Gasteiger partial charge in [0.1, 0.15) is 6.61 Å². The number of likely N-dealkylation sites (tertiary alicyclic amines) is 1. The first-order valence-electron chi connectivity index (χ1n) is 8.58. The summed E-state index contributed by atoms with van der Waals surface area (Å²) in [5.41, 5.74) is 2.69. The summed E-state index contributed by atoms with van der Waals surface area (Å²) < 4.78 is 11.3. The van der Waals surface area contributed by atoms with Crippen molar-refractivity contribution >= 4 is 17.5 Å². The van der Waals surface area contributed by atoms with Gasteiger partial charge in [-0.25, -0.2) is 0 Å². The van der Waals surface area contributed by atoms with Gasteiger partial charge in [0.15, 0.2) is 11.5 Å². The zero-order chi connectivity index (χ0) is 18.5. The van der Waals surface area contributed by atoms with E-state index in [1.807, 2.05) is 29.2 Å². The van der Waals surface area contributed by atoms with Crippen LogP contribution in [-0.2, 0) is 6.61 Å². The van der Waals surface area contributed by atoms with Crippen molar-refractivity contribution in [2.24, 2.45) is 0 Å². The van der Waals surface area contributed by atoms with E-state index in [4.69, 9.17) is 21.1 Å². The molecule has 4 nitrogen and oxygen atoms in total. The maximum atomic E-state index is 12.7. The molecule has 0 saturated carbocycles. The molecule has 1 aliphatic rings. The van der Waals surface area contributed by atoms with Crippen molar-refractivity contribution in [3.05, 3.63) is 70.8 Å². The van der Waals surface area contributed by atoms with Crippen LogP contribution in [0, 0.1) is 0 Å². The first kappa shape index (κ1) is 18.3. The molecule has 2 aromatic carbocycles. The number of methoxy groups -OCH3 is 1. The molecule has 2 aromatic rings. The summed E-state index contributed by atoms with van der Waals surface area (Å²) in [5.74, 6) is 1.12. The molecule has 0 atom stereocenters. The average Bonchev–Trinajstić information content (AvgIpc) is 2.67. The minimum Gasteiger partial charge on any atom is -0.493 e. The highest BCUT2D eigenvalue weighted by Gasteiger charge is 2.21. The van der Waals surface area contributed by atoms with E-state index in [1.54, 1.807) is 25.3 Å². The van der Waals surface area contributed by atoms with Gasteiger partial charge in [0.05, 0.1) is 7.11 Å². The second kappa shape index (κ2) is 8.28. The number of rotatable bonds is 5. The van der Waals surface area contributed by atoms with E-state index in [0.29, 0.717) is 41.8 Å². The molecular weight excluding hydrogens is 350 g/mol. The molecule has 0 aromatic heterocycles. The Kier molecular flexibility index (Phi) is 5.84. The van der Waals surface area contributed by atoms with Gasteiger partial charge >= 0.3 is 0 Å². The molecule has 1 aliphatic heterocycles. The van der Waals surface area contributed by atoms with Crippen molar-refractivity contribution < 1.29 is 14.3 Å². The van der Waals surface area contributed by atoms with Crippen LogP contribution in [0.25, 0.3) is 0 Å².